The Labute approximate surface area is 123 Å². The van der Waals surface area contributed by atoms with Crippen molar-refractivity contribution in [3.63, 3.8) is 0 Å². The number of carbonyl (C=O) groups excluding carboxylic acids is 1. The molecular formula is C13H12BrN3OS. The van der Waals surface area contributed by atoms with E-state index in [0.717, 1.165) is 15.1 Å². The molecule has 2 aromatic rings. The summed E-state index contributed by atoms with van der Waals surface area (Å²) in [5, 5.41) is 2.82. The highest BCUT2D eigenvalue weighted by Gasteiger charge is 2.05. The number of carbonyl (C=O) groups is 1. The second-order valence-electron chi connectivity index (χ2n) is 3.76. The van der Waals surface area contributed by atoms with Gasteiger partial charge in [0.15, 0.2) is 0 Å². The fourth-order valence-corrected chi connectivity index (χ4v) is 2.40. The third kappa shape index (κ3) is 4.25. The first-order chi connectivity index (χ1) is 9.15. The minimum Gasteiger partial charge on any atom is -0.397 e. The average molecular weight is 338 g/mol. The van der Waals surface area contributed by atoms with Gasteiger partial charge in [-0.2, -0.15) is 0 Å². The first kappa shape index (κ1) is 13.9. The van der Waals surface area contributed by atoms with E-state index in [4.69, 9.17) is 5.73 Å². The summed E-state index contributed by atoms with van der Waals surface area (Å²) in [6, 6.07) is 9.24. The molecule has 1 amide bonds. The van der Waals surface area contributed by atoms with E-state index in [1.165, 1.54) is 11.8 Å². The molecule has 0 aliphatic carbocycles. The average Bonchev–Trinajstić information content (AvgIpc) is 2.40. The zero-order chi connectivity index (χ0) is 13.7. The van der Waals surface area contributed by atoms with Gasteiger partial charge in [-0.25, -0.2) is 0 Å². The molecule has 0 aliphatic rings. The molecule has 0 radical (unpaired) electrons. The molecule has 2 rings (SSSR count). The summed E-state index contributed by atoms with van der Waals surface area (Å²) >= 11 is 4.74. The quantitative estimate of drug-likeness (QED) is 0.841. The smallest absolute Gasteiger partial charge is 0.234 e. The van der Waals surface area contributed by atoms with Gasteiger partial charge in [0.1, 0.15) is 0 Å². The van der Waals surface area contributed by atoms with E-state index in [1.54, 1.807) is 18.5 Å². The van der Waals surface area contributed by atoms with Gasteiger partial charge in [-0.15, -0.1) is 11.8 Å². The zero-order valence-electron chi connectivity index (χ0n) is 9.97. The number of hydrogen-bond donors (Lipinski definition) is 2. The van der Waals surface area contributed by atoms with Gasteiger partial charge in [-0.1, -0.05) is 15.9 Å². The molecule has 0 fully saturated rings. The number of benzene rings is 1. The molecule has 98 valence electrons. The van der Waals surface area contributed by atoms with Crippen LogP contribution in [0.4, 0.5) is 11.4 Å². The van der Waals surface area contributed by atoms with Gasteiger partial charge in [0, 0.05) is 21.3 Å². The Hall–Kier alpha value is -1.53. The number of rotatable bonds is 4. The molecule has 1 aromatic carbocycles. The Morgan fingerprint density at radius 2 is 2.05 bits per heavy atom. The van der Waals surface area contributed by atoms with Gasteiger partial charge < -0.3 is 11.1 Å². The zero-order valence-corrected chi connectivity index (χ0v) is 12.4. The van der Waals surface area contributed by atoms with Crippen LogP contribution >= 0.6 is 27.7 Å². The molecule has 0 saturated heterocycles. The van der Waals surface area contributed by atoms with E-state index in [9.17, 15) is 4.79 Å². The largest absolute Gasteiger partial charge is 0.397 e. The lowest BCUT2D eigenvalue weighted by molar-refractivity contribution is -0.113. The van der Waals surface area contributed by atoms with Crippen molar-refractivity contribution in [2.75, 3.05) is 16.8 Å². The van der Waals surface area contributed by atoms with Crippen LogP contribution in [0.5, 0.6) is 0 Å². The van der Waals surface area contributed by atoms with Gasteiger partial charge in [0.05, 0.1) is 17.6 Å². The predicted molar refractivity (Wildman–Crippen MR) is 82.1 cm³/mol. The summed E-state index contributed by atoms with van der Waals surface area (Å²) in [4.78, 5) is 16.5. The molecule has 0 atom stereocenters. The summed E-state index contributed by atoms with van der Waals surface area (Å²) < 4.78 is 0.976. The molecule has 0 aliphatic heterocycles. The number of nitrogens with two attached hydrogens (primary N) is 1. The minimum absolute atomic E-state index is 0.0662. The van der Waals surface area contributed by atoms with E-state index in [1.807, 2.05) is 24.3 Å². The Balaban J connectivity index is 1.88. The Kier molecular flexibility index (Phi) is 4.81. The molecule has 1 aromatic heterocycles. The van der Waals surface area contributed by atoms with Crippen molar-refractivity contribution < 1.29 is 4.79 Å². The van der Waals surface area contributed by atoms with Gasteiger partial charge >= 0.3 is 0 Å². The summed E-state index contributed by atoms with van der Waals surface area (Å²) in [5.74, 6) is 0.244. The molecule has 19 heavy (non-hydrogen) atoms. The maximum atomic E-state index is 11.8. The number of hydrogen-bond acceptors (Lipinski definition) is 4. The molecule has 0 saturated carbocycles. The van der Waals surface area contributed by atoms with Crippen molar-refractivity contribution in [1.82, 2.24) is 4.98 Å². The molecule has 4 nitrogen and oxygen atoms in total. The molecular weight excluding hydrogens is 326 g/mol. The summed E-state index contributed by atoms with van der Waals surface area (Å²) in [7, 11) is 0. The molecule has 0 bridgehead atoms. The van der Waals surface area contributed by atoms with Crippen LogP contribution in [-0.2, 0) is 4.79 Å². The Morgan fingerprint density at radius 3 is 2.74 bits per heavy atom. The highest BCUT2D eigenvalue weighted by atomic mass is 79.9. The highest BCUT2D eigenvalue weighted by Crippen LogP contribution is 2.23. The predicted octanol–water partition coefficient (Wildman–Crippen LogP) is 3.16. The first-order valence-electron chi connectivity index (χ1n) is 5.53. The van der Waals surface area contributed by atoms with Crippen LogP contribution in [0.3, 0.4) is 0 Å². The Bertz CT molecular complexity index is 574. The number of nitrogens with one attached hydrogen (secondary N) is 1. The van der Waals surface area contributed by atoms with Crippen LogP contribution in [0.2, 0.25) is 0 Å². The van der Waals surface area contributed by atoms with Crippen molar-refractivity contribution in [3.05, 3.63) is 47.2 Å². The topological polar surface area (TPSA) is 68.0 Å². The van der Waals surface area contributed by atoms with Gasteiger partial charge in [-0.3, -0.25) is 9.78 Å². The second kappa shape index (κ2) is 6.58. The summed E-state index contributed by atoms with van der Waals surface area (Å²) in [5.41, 5.74) is 7.12. The lowest BCUT2D eigenvalue weighted by Crippen LogP contribution is -2.14. The lowest BCUT2D eigenvalue weighted by atomic mass is 10.3. The molecule has 6 heteroatoms. The third-order valence-corrected chi connectivity index (χ3v) is 3.91. The SMILES string of the molecule is Nc1cnccc1SCC(=O)Nc1ccc(Br)cc1. The molecule has 0 spiro atoms. The van der Waals surface area contributed by atoms with Crippen molar-refractivity contribution in [2.45, 2.75) is 4.90 Å². The van der Waals surface area contributed by atoms with Gasteiger partial charge in [-0.05, 0) is 30.3 Å². The molecule has 3 N–H and O–H groups in total. The van der Waals surface area contributed by atoms with Gasteiger partial charge in [0.2, 0.25) is 5.91 Å². The lowest BCUT2D eigenvalue weighted by Gasteiger charge is -2.06. The number of pyridine rings is 1. The maximum absolute atomic E-state index is 11.8. The Morgan fingerprint density at radius 1 is 1.32 bits per heavy atom. The molecule has 0 unspecified atom stereocenters. The number of thioether (sulfide) groups is 1. The van der Waals surface area contributed by atoms with Crippen LogP contribution in [-0.4, -0.2) is 16.6 Å². The fraction of sp³-hybridized carbons (Fsp3) is 0.0769. The van der Waals surface area contributed by atoms with Crippen molar-refractivity contribution in [1.29, 1.82) is 0 Å². The van der Waals surface area contributed by atoms with Crippen LogP contribution in [0, 0.1) is 0 Å². The van der Waals surface area contributed by atoms with Crippen molar-refractivity contribution in [2.24, 2.45) is 0 Å². The van der Waals surface area contributed by atoms with Crippen molar-refractivity contribution >= 4 is 45.0 Å². The minimum atomic E-state index is -0.0662. The number of nitrogens with zero attached hydrogens (tertiary/aromatic N) is 1. The number of anilines is 2. The van der Waals surface area contributed by atoms with E-state index >= 15 is 0 Å². The number of halogens is 1. The highest BCUT2D eigenvalue weighted by molar-refractivity contribution is 9.10. The first-order valence-corrected chi connectivity index (χ1v) is 7.31. The van der Waals surface area contributed by atoms with E-state index in [0.29, 0.717) is 11.4 Å². The summed E-state index contributed by atoms with van der Waals surface area (Å²) in [6.45, 7) is 0. The number of aromatic nitrogens is 1. The van der Waals surface area contributed by atoms with Crippen LogP contribution in [0.25, 0.3) is 0 Å². The normalized spacial score (nSPS) is 10.2. The third-order valence-electron chi connectivity index (χ3n) is 2.30. The van der Waals surface area contributed by atoms with Crippen LogP contribution < -0.4 is 11.1 Å². The standard InChI is InChI=1S/C13H12BrN3OS/c14-9-1-3-10(4-2-9)17-13(18)8-19-12-5-6-16-7-11(12)15/h1-7H,8,15H2,(H,17,18). The monoisotopic (exact) mass is 337 g/mol. The van der Waals surface area contributed by atoms with Crippen LogP contribution in [0.15, 0.2) is 52.1 Å². The van der Waals surface area contributed by atoms with E-state index in [-0.39, 0.29) is 5.91 Å². The van der Waals surface area contributed by atoms with E-state index < -0.39 is 0 Å². The number of nitrogen functional groups attached to an aromatic ring is 1. The fourth-order valence-electron chi connectivity index (χ4n) is 1.40. The van der Waals surface area contributed by atoms with E-state index in [2.05, 4.69) is 26.2 Å². The maximum Gasteiger partial charge on any atom is 0.234 e. The summed E-state index contributed by atoms with van der Waals surface area (Å²) in [6.07, 6.45) is 3.24. The number of amides is 1. The van der Waals surface area contributed by atoms with Crippen LogP contribution in [0.1, 0.15) is 0 Å². The van der Waals surface area contributed by atoms with Crippen molar-refractivity contribution in [3.8, 4) is 0 Å². The van der Waals surface area contributed by atoms with Gasteiger partial charge in [0.25, 0.3) is 0 Å². The molecule has 1 heterocycles. The second-order valence-corrected chi connectivity index (χ2v) is 5.69.